The van der Waals surface area contributed by atoms with Crippen molar-refractivity contribution in [2.24, 2.45) is 5.92 Å². The zero-order chi connectivity index (χ0) is 15.1. The van der Waals surface area contributed by atoms with E-state index in [4.69, 9.17) is 4.42 Å². The number of aromatic nitrogens is 2. The van der Waals surface area contributed by atoms with Crippen LogP contribution in [0.3, 0.4) is 0 Å². The molecule has 2 rings (SSSR count). The molecule has 0 unspecified atom stereocenters. The number of carbonyl (C=O) groups excluding carboxylic acids is 1. The van der Waals surface area contributed by atoms with Gasteiger partial charge in [-0.25, -0.2) is 9.97 Å². The molecule has 0 radical (unpaired) electrons. The summed E-state index contributed by atoms with van der Waals surface area (Å²) in [5.74, 6) is 1.53. The van der Waals surface area contributed by atoms with Crippen molar-refractivity contribution < 1.29 is 9.21 Å². The Bertz CT molecular complexity index is 567. The van der Waals surface area contributed by atoms with E-state index in [9.17, 15) is 4.79 Å². The summed E-state index contributed by atoms with van der Waals surface area (Å²) in [6.45, 7) is 5.43. The topological polar surface area (TPSA) is 80.0 Å². The molecule has 0 aliphatic rings. The van der Waals surface area contributed by atoms with Crippen LogP contribution in [-0.4, -0.2) is 22.4 Å². The summed E-state index contributed by atoms with van der Waals surface area (Å²) >= 11 is 0. The molecule has 0 saturated carbocycles. The van der Waals surface area contributed by atoms with Gasteiger partial charge in [-0.3, -0.25) is 4.79 Å². The van der Waals surface area contributed by atoms with E-state index >= 15 is 0 Å². The number of hydrogen-bond donors (Lipinski definition) is 2. The fourth-order valence-electron chi connectivity index (χ4n) is 1.71. The second-order valence-electron chi connectivity index (χ2n) is 5.14. The maximum atomic E-state index is 12.0. The van der Waals surface area contributed by atoms with Crippen LogP contribution in [0.1, 0.15) is 36.5 Å². The van der Waals surface area contributed by atoms with Gasteiger partial charge in [0.05, 0.1) is 12.8 Å². The van der Waals surface area contributed by atoms with Crippen LogP contribution >= 0.6 is 0 Å². The first-order chi connectivity index (χ1) is 10.1. The molecule has 0 saturated heterocycles. The Hall–Kier alpha value is -2.37. The van der Waals surface area contributed by atoms with E-state index in [-0.39, 0.29) is 5.91 Å². The SMILES string of the molecule is CC(C)CCNc1nccc(C(=O)NCc2ccco2)n1. The van der Waals surface area contributed by atoms with Crippen molar-refractivity contribution in [3.8, 4) is 0 Å². The molecular formula is C15H20N4O2. The van der Waals surface area contributed by atoms with Gasteiger partial charge in [-0.2, -0.15) is 0 Å². The van der Waals surface area contributed by atoms with E-state index in [1.165, 1.54) is 0 Å². The van der Waals surface area contributed by atoms with Crippen molar-refractivity contribution in [1.82, 2.24) is 15.3 Å². The Balaban J connectivity index is 1.88. The van der Waals surface area contributed by atoms with Gasteiger partial charge in [0, 0.05) is 12.7 Å². The summed E-state index contributed by atoms with van der Waals surface area (Å²) in [4.78, 5) is 20.3. The lowest BCUT2D eigenvalue weighted by atomic mass is 10.1. The number of carbonyl (C=O) groups is 1. The van der Waals surface area contributed by atoms with Gasteiger partial charge in [-0.1, -0.05) is 13.8 Å². The molecule has 0 aliphatic carbocycles. The number of nitrogens with one attached hydrogen (secondary N) is 2. The van der Waals surface area contributed by atoms with Gasteiger partial charge in [0.2, 0.25) is 5.95 Å². The second kappa shape index (κ2) is 7.42. The minimum Gasteiger partial charge on any atom is -0.467 e. The smallest absolute Gasteiger partial charge is 0.270 e. The highest BCUT2D eigenvalue weighted by atomic mass is 16.3. The minimum atomic E-state index is -0.249. The third-order valence-electron chi connectivity index (χ3n) is 2.90. The first-order valence-electron chi connectivity index (χ1n) is 7.02. The quantitative estimate of drug-likeness (QED) is 0.818. The van der Waals surface area contributed by atoms with Crippen molar-refractivity contribution >= 4 is 11.9 Å². The maximum Gasteiger partial charge on any atom is 0.270 e. The Kier molecular flexibility index (Phi) is 5.31. The van der Waals surface area contributed by atoms with Gasteiger partial charge in [-0.15, -0.1) is 0 Å². The molecule has 2 aromatic rings. The van der Waals surface area contributed by atoms with Gasteiger partial charge in [0.1, 0.15) is 11.5 Å². The van der Waals surface area contributed by atoms with E-state index < -0.39 is 0 Å². The Morgan fingerprint density at radius 3 is 2.95 bits per heavy atom. The fourth-order valence-corrected chi connectivity index (χ4v) is 1.71. The number of amides is 1. The predicted octanol–water partition coefficient (Wildman–Crippen LogP) is 2.46. The Labute approximate surface area is 124 Å². The molecule has 0 fully saturated rings. The van der Waals surface area contributed by atoms with Gasteiger partial charge < -0.3 is 15.1 Å². The molecule has 6 nitrogen and oxygen atoms in total. The van der Waals surface area contributed by atoms with Crippen LogP contribution in [0.2, 0.25) is 0 Å². The van der Waals surface area contributed by atoms with Crippen molar-refractivity contribution in [2.45, 2.75) is 26.8 Å². The molecule has 2 N–H and O–H groups in total. The largest absolute Gasteiger partial charge is 0.467 e. The normalized spacial score (nSPS) is 10.6. The van der Waals surface area contributed by atoms with E-state index in [0.717, 1.165) is 13.0 Å². The average Bonchev–Trinajstić information content (AvgIpc) is 2.98. The zero-order valence-corrected chi connectivity index (χ0v) is 12.3. The Morgan fingerprint density at radius 1 is 1.38 bits per heavy atom. The van der Waals surface area contributed by atoms with Gasteiger partial charge in [0.15, 0.2) is 0 Å². The minimum absolute atomic E-state index is 0.249. The van der Waals surface area contributed by atoms with E-state index in [2.05, 4.69) is 34.4 Å². The standard InChI is InChI=1S/C15H20N4O2/c1-11(2)5-7-16-15-17-8-6-13(19-15)14(20)18-10-12-4-3-9-21-12/h3-4,6,8-9,11H,5,7,10H2,1-2H3,(H,18,20)(H,16,17,19). The molecule has 0 atom stereocenters. The number of hydrogen-bond acceptors (Lipinski definition) is 5. The van der Waals surface area contributed by atoms with Crippen LogP contribution in [0.15, 0.2) is 35.1 Å². The molecule has 0 bridgehead atoms. The van der Waals surface area contributed by atoms with E-state index in [1.807, 2.05) is 0 Å². The lowest BCUT2D eigenvalue weighted by Gasteiger charge is -2.08. The fraction of sp³-hybridized carbons (Fsp3) is 0.400. The lowest BCUT2D eigenvalue weighted by Crippen LogP contribution is -2.24. The monoisotopic (exact) mass is 288 g/mol. The van der Waals surface area contributed by atoms with Crippen LogP contribution in [0, 0.1) is 5.92 Å². The van der Waals surface area contributed by atoms with Crippen molar-refractivity contribution in [1.29, 1.82) is 0 Å². The van der Waals surface area contributed by atoms with Crippen LogP contribution < -0.4 is 10.6 Å². The molecular weight excluding hydrogens is 268 g/mol. The molecule has 112 valence electrons. The van der Waals surface area contributed by atoms with Crippen molar-refractivity contribution in [3.05, 3.63) is 42.1 Å². The second-order valence-corrected chi connectivity index (χ2v) is 5.14. The molecule has 0 spiro atoms. The summed E-state index contributed by atoms with van der Waals surface area (Å²) in [7, 11) is 0. The van der Waals surface area contributed by atoms with E-state index in [1.54, 1.807) is 30.7 Å². The summed E-state index contributed by atoms with van der Waals surface area (Å²) in [5, 5.41) is 5.87. The molecule has 6 heteroatoms. The third-order valence-corrected chi connectivity index (χ3v) is 2.90. The molecule has 0 aromatic carbocycles. The van der Waals surface area contributed by atoms with Crippen molar-refractivity contribution in [3.63, 3.8) is 0 Å². The van der Waals surface area contributed by atoms with Crippen LogP contribution in [0.25, 0.3) is 0 Å². The average molecular weight is 288 g/mol. The van der Waals surface area contributed by atoms with E-state index in [0.29, 0.717) is 29.9 Å². The predicted molar refractivity (Wildman–Crippen MR) is 79.9 cm³/mol. The summed E-state index contributed by atoms with van der Waals surface area (Å²) in [6.07, 6.45) is 4.17. The first kappa shape index (κ1) is 15.0. The number of furan rings is 1. The van der Waals surface area contributed by atoms with Crippen molar-refractivity contribution in [2.75, 3.05) is 11.9 Å². The lowest BCUT2D eigenvalue weighted by molar-refractivity contribution is 0.0943. The summed E-state index contributed by atoms with van der Waals surface area (Å²) in [6, 6.07) is 5.17. The summed E-state index contributed by atoms with van der Waals surface area (Å²) < 4.78 is 5.16. The van der Waals surface area contributed by atoms with Gasteiger partial charge in [-0.05, 0) is 30.5 Å². The van der Waals surface area contributed by atoms with Crippen LogP contribution in [0.5, 0.6) is 0 Å². The summed E-state index contributed by atoms with van der Waals surface area (Å²) in [5.41, 5.74) is 0.337. The van der Waals surface area contributed by atoms with Crippen LogP contribution in [0.4, 0.5) is 5.95 Å². The highest BCUT2D eigenvalue weighted by Crippen LogP contribution is 2.04. The van der Waals surface area contributed by atoms with Gasteiger partial charge >= 0.3 is 0 Å². The Morgan fingerprint density at radius 2 is 2.24 bits per heavy atom. The molecule has 2 aromatic heterocycles. The number of rotatable bonds is 7. The zero-order valence-electron chi connectivity index (χ0n) is 12.3. The highest BCUT2D eigenvalue weighted by molar-refractivity contribution is 5.92. The molecule has 0 aliphatic heterocycles. The molecule has 2 heterocycles. The number of nitrogens with zero attached hydrogens (tertiary/aromatic N) is 2. The van der Waals surface area contributed by atoms with Gasteiger partial charge in [0.25, 0.3) is 5.91 Å². The molecule has 21 heavy (non-hydrogen) atoms. The number of anilines is 1. The highest BCUT2D eigenvalue weighted by Gasteiger charge is 2.09. The molecule has 1 amide bonds. The first-order valence-corrected chi connectivity index (χ1v) is 7.02. The maximum absolute atomic E-state index is 12.0. The van der Waals surface area contributed by atoms with Crippen LogP contribution in [-0.2, 0) is 6.54 Å². The third kappa shape index (κ3) is 4.91.